The van der Waals surface area contributed by atoms with Crippen LogP contribution in [0.3, 0.4) is 0 Å². The summed E-state index contributed by atoms with van der Waals surface area (Å²) in [5.41, 5.74) is 2.12. The van der Waals surface area contributed by atoms with Crippen LogP contribution in [0.5, 0.6) is 5.75 Å². The van der Waals surface area contributed by atoms with Gasteiger partial charge in [0.05, 0.1) is 23.0 Å². The van der Waals surface area contributed by atoms with Crippen LogP contribution >= 0.6 is 23.2 Å². The molecule has 0 radical (unpaired) electrons. The molecular weight excluding hydrogens is 349 g/mol. The monoisotopic (exact) mass is 363 g/mol. The maximum atomic E-state index is 12.7. The van der Waals surface area contributed by atoms with Crippen molar-refractivity contribution >= 4 is 40.4 Å². The summed E-state index contributed by atoms with van der Waals surface area (Å²) >= 11 is 12.0. The number of nitrogens with zero attached hydrogens (tertiary/aromatic N) is 2. The third kappa shape index (κ3) is 3.05. The number of carbonyl (C=O) groups excluding carboxylic acids is 1. The highest BCUT2D eigenvalue weighted by Crippen LogP contribution is 2.27. The third-order valence-corrected chi connectivity index (χ3v) is 4.03. The van der Waals surface area contributed by atoms with Crippen molar-refractivity contribution in [3.05, 3.63) is 58.0 Å². The number of ether oxygens (including phenoxy) is 1. The number of benzene rings is 1. The highest BCUT2D eigenvalue weighted by Gasteiger charge is 2.19. The van der Waals surface area contributed by atoms with Gasteiger partial charge in [-0.15, -0.1) is 0 Å². The molecule has 124 valence electrons. The Balaban J connectivity index is 2.01. The van der Waals surface area contributed by atoms with Gasteiger partial charge in [0, 0.05) is 11.2 Å². The Bertz CT molecular complexity index is 922. The van der Waals surface area contributed by atoms with Crippen LogP contribution in [0.2, 0.25) is 10.0 Å². The van der Waals surface area contributed by atoms with Gasteiger partial charge in [-0.1, -0.05) is 23.2 Å². The minimum Gasteiger partial charge on any atom is -0.490 e. The fourth-order valence-electron chi connectivity index (χ4n) is 2.47. The zero-order chi connectivity index (χ0) is 17.3. The standard InChI is InChI=1S/C17H15Cl2N3O2/c1-3-24-14-5-4-8-22-15(10(2)20-16(14)22)17(23)21-13-7-6-11(18)9-12(13)19/h4-9H,3H2,1-2H3,(H,21,23). The molecule has 0 spiro atoms. The van der Waals surface area contributed by atoms with Gasteiger partial charge < -0.3 is 10.1 Å². The predicted octanol–water partition coefficient (Wildman–Crippen LogP) is 4.60. The topological polar surface area (TPSA) is 55.6 Å². The summed E-state index contributed by atoms with van der Waals surface area (Å²) in [4.78, 5) is 17.2. The molecule has 1 N–H and O–H groups in total. The number of rotatable bonds is 4. The molecule has 0 atom stereocenters. The second kappa shape index (κ2) is 6.71. The lowest BCUT2D eigenvalue weighted by Crippen LogP contribution is -2.16. The van der Waals surface area contributed by atoms with Crippen molar-refractivity contribution in [3.63, 3.8) is 0 Å². The van der Waals surface area contributed by atoms with Crippen LogP contribution in [0, 0.1) is 6.92 Å². The van der Waals surface area contributed by atoms with E-state index in [0.717, 1.165) is 0 Å². The average molecular weight is 364 g/mol. The van der Waals surface area contributed by atoms with E-state index in [-0.39, 0.29) is 5.91 Å². The van der Waals surface area contributed by atoms with Crippen LogP contribution in [0.4, 0.5) is 5.69 Å². The quantitative estimate of drug-likeness (QED) is 0.736. The Morgan fingerprint density at radius 1 is 1.33 bits per heavy atom. The number of anilines is 1. The van der Waals surface area contributed by atoms with Crippen molar-refractivity contribution in [2.24, 2.45) is 0 Å². The van der Waals surface area contributed by atoms with E-state index in [4.69, 9.17) is 27.9 Å². The fourth-order valence-corrected chi connectivity index (χ4v) is 2.93. The molecule has 0 saturated carbocycles. The summed E-state index contributed by atoms with van der Waals surface area (Å²) < 4.78 is 7.27. The van der Waals surface area contributed by atoms with Crippen molar-refractivity contribution in [2.75, 3.05) is 11.9 Å². The summed E-state index contributed by atoms with van der Waals surface area (Å²) in [6.45, 7) is 4.20. The summed E-state index contributed by atoms with van der Waals surface area (Å²) in [7, 11) is 0. The molecule has 1 amide bonds. The second-order valence-electron chi connectivity index (χ2n) is 5.12. The van der Waals surface area contributed by atoms with Crippen LogP contribution < -0.4 is 10.1 Å². The first kappa shape index (κ1) is 16.6. The van der Waals surface area contributed by atoms with Crippen molar-refractivity contribution < 1.29 is 9.53 Å². The molecule has 3 rings (SSSR count). The molecule has 0 aliphatic carbocycles. The van der Waals surface area contributed by atoms with Gasteiger partial charge in [-0.25, -0.2) is 4.98 Å². The highest BCUT2D eigenvalue weighted by atomic mass is 35.5. The van der Waals surface area contributed by atoms with Crippen LogP contribution in [-0.4, -0.2) is 21.9 Å². The summed E-state index contributed by atoms with van der Waals surface area (Å²) in [5.74, 6) is 0.324. The van der Waals surface area contributed by atoms with E-state index in [2.05, 4.69) is 10.3 Å². The Morgan fingerprint density at radius 2 is 2.12 bits per heavy atom. The van der Waals surface area contributed by atoms with Crippen LogP contribution in [-0.2, 0) is 0 Å². The van der Waals surface area contributed by atoms with Crippen molar-refractivity contribution in [1.29, 1.82) is 0 Å². The van der Waals surface area contributed by atoms with E-state index in [1.165, 1.54) is 0 Å². The van der Waals surface area contributed by atoms with Crippen LogP contribution in [0.25, 0.3) is 5.65 Å². The van der Waals surface area contributed by atoms with E-state index in [0.29, 0.717) is 45.1 Å². The first-order chi connectivity index (χ1) is 11.5. The normalized spacial score (nSPS) is 10.8. The SMILES string of the molecule is CCOc1cccn2c(C(=O)Nc3ccc(Cl)cc3Cl)c(C)nc12. The first-order valence-electron chi connectivity index (χ1n) is 7.38. The fraction of sp³-hybridized carbons (Fsp3) is 0.176. The van der Waals surface area contributed by atoms with E-state index in [9.17, 15) is 4.79 Å². The molecule has 0 unspecified atom stereocenters. The lowest BCUT2D eigenvalue weighted by molar-refractivity contribution is 0.102. The number of imidazole rings is 1. The number of pyridine rings is 1. The minimum absolute atomic E-state index is 0.308. The molecule has 3 aromatic rings. The number of nitrogens with one attached hydrogen (secondary N) is 1. The molecule has 24 heavy (non-hydrogen) atoms. The van der Waals surface area contributed by atoms with Gasteiger partial charge >= 0.3 is 0 Å². The first-order valence-corrected chi connectivity index (χ1v) is 8.13. The van der Waals surface area contributed by atoms with Crippen molar-refractivity contribution in [1.82, 2.24) is 9.38 Å². The Kier molecular flexibility index (Phi) is 4.64. The van der Waals surface area contributed by atoms with Crippen LogP contribution in [0.15, 0.2) is 36.5 Å². The smallest absolute Gasteiger partial charge is 0.274 e. The molecule has 0 fully saturated rings. The van der Waals surface area contributed by atoms with Gasteiger partial charge in [0.2, 0.25) is 0 Å². The number of hydrogen-bond acceptors (Lipinski definition) is 3. The number of carbonyl (C=O) groups is 1. The number of amides is 1. The minimum atomic E-state index is -0.308. The largest absolute Gasteiger partial charge is 0.490 e. The molecular formula is C17H15Cl2N3O2. The summed E-state index contributed by atoms with van der Waals surface area (Å²) in [5, 5.41) is 3.67. The van der Waals surface area contributed by atoms with Gasteiger partial charge in [0.15, 0.2) is 11.4 Å². The van der Waals surface area contributed by atoms with Gasteiger partial charge in [0.1, 0.15) is 5.69 Å². The maximum Gasteiger partial charge on any atom is 0.274 e. The lowest BCUT2D eigenvalue weighted by atomic mass is 10.2. The molecule has 1 aromatic carbocycles. The Hall–Kier alpha value is -2.24. The molecule has 0 aliphatic heterocycles. The molecule has 5 nitrogen and oxygen atoms in total. The van der Waals surface area contributed by atoms with E-state index in [1.54, 1.807) is 35.7 Å². The third-order valence-electron chi connectivity index (χ3n) is 3.48. The highest BCUT2D eigenvalue weighted by molar-refractivity contribution is 6.36. The summed E-state index contributed by atoms with van der Waals surface area (Å²) in [6.07, 6.45) is 1.77. The number of aryl methyl sites for hydroxylation is 1. The number of halogens is 2. The van der Waals surface area contributed by atoms with Gasteiger partial charge in [-0.3, -0.25) is 9.20 Å². The van der Waals surface area contributed by atoms with Gasteiger partial charge in [-0.2, -0.15) is 0 Å². The predicted molar refractivity (Wildman–Crippen MR) is 95.5 cm³/mol. The second-order valence-corrected chi connectivity index (χ2v) is 5.97. The van der Waals surface area contributed by atoms with E-state index in [1.807, 2.05) is 19.1 Å². The molecule has 0 aliphatic rings. The van der Waals surface area contributed by atoms with E-state index >= 15 is 0 Å². The zero-order valence-corrected chi connectivity index (χ0v) is 14.6. The number of hydrogen-bond donors (Lipinski definition) is 1. The average Bonchev–Trinajstić information content (AvgIpc) is 2.87. The molecule has 0 bridgehead atoms. The molecule has 7 heteroatoms. The van der Waals surface area contributed by atoms with Crippen molar-refractivity contribution in [2.45, 2.75) is 13.8 Å². The number of aromatic nitrogens is 2. The zero-order valence-electron chi connectivity index (χ0n) is 13.1. The Labute approximate surface area is 149 Å². The molecule has 0 saturated heterocycles. The molecule has 2 heterocycles. The summed E-state index contributed by atoms with van der Waals surface area (Å²) in [6, 6.07) is 8.53. The van der Waals surface area contributed by atoms with Gasteiger partial charge in [-0.05, 0) is 44.2 Å². The molecule has 2 aromatic heterocycles. The maximum absolute atomic E-state index is 12.7. The van der Waals surface area contributed by atoms with Crippen LogP contribution in [0.1, 0.15) is 23.1 Å². The number of fused-ring (bicyclic) bond motifs is 1. The van der Waals surface area contributed by atoms with E-state index < -0.39 is 0 Å². The Morgan fingerprint density at radius 3 is 2.83 bits per heavy atom. The van der Waals surface area contributed by atoms with Gasteiger partial charge in [0.25, 0.3) is 5.91 Å². The lowest BCUT2D eigenvalue weighted by Gasteiger charge is -2.09. The van der Waals surface area contributed by atoms with Crippen molar-refractivity contribution in [3.8, 4) is 5.75 Å².